The monoisotopic (exact) mass is 372 g/mol. The van der Waals surface area contributed by atoms with E-state index in [0.29, 0.717) is 18.6 Å². The van der Waals surface area contributed by atoms with E-state index in [9.17, 15) is 4.79 Å². The second-order valence-electron chi connectivity index (χ2n) is 8.29. The summed E-state index contributed by atoms with van der Waals surface area (Å²) in [6.07, 6.45) is 5.19. The highest BCUT2D eigenvalue weighted by Gasteiger charge is 2.49. The van der Waals surface area contributed by atoms with Crippen molar-refractivity contribution in [2.45, 2.75) is 44.8 Å². The maximum absolute atomic E-state index is 13.3. The molecule has 148 valence electrons. The van der Waals surface area contributed by atoms with Crippen molar-refractivity contribution in [3.63, 3.8) is 0 Å². The fraction of sp³-hybridized carbons (Fsp3) is 0.682. The van der Waals surface area contributed by atoms with Gasteiger partial charge >= 0.3 is 0 Å². The third-order valence-electron chi connectivity index (χ3n) is 6.50. The van der Waals surface area contributed by atoms with E-state index < -0.39 is 0 Å². The second kappa shape index (κ2) is 8.72. The topological polar surface area (TPSA) is 42.0 Å². The van der Waals surface area contributed by atoms with Crippen molar-refractivity contribution in [3.8, 4) is 0 Å². The molecule has 0 saturated carbocycles. The van der Waals surface area contributed by atoms with Crippen molar-refractivity contribution in [2.24, 2.45) is 5.41 Å². The Bertz CT molecular complexity index is 617. The molecule has 3 heterocycles. The predicted octanol–water partition coefficient (Wildman–Crippen LogP) is 2.70. The van der Waals surface area contributed by atoms with Gasteiger partial charge in [-0.25, -0.2) is 0 Å². The number of ether oxygens (including phenoxy) is 2. The summed E-state index contributed by atoms with van der Waals surface area (Å²) >= 11 is 0. The second-order valence-corrected chi connectivity index (χ2v) is 8.29. The standard InChI is InChI=1S/C22H32N2O3/c25-21-22(9-4-11-24(21)20-7-14-26-15-8-20)10-12-23(18-22)13-16-27-17-19-5-2-1-3-6-19/h1-3,5-6,20H,4,7-18H2/t22-/m0/s1. The molecule has 0 radical (unpaired) electrons. The summed E-state index contributed by atoms with van der Waals surface area (Å²) in [5.74, 6) is 0.411. The van der Waals surface area contributed by atoms with Gasteiger partial charge in [-0.2, -0.15) is 0 Å². The van der Waals surface area contributed by atoms with Gasteiger partial charge in [0.1, 0.15) is 0 Å². The number of likely N-dealkylation sites (tertiary alicyclic amines) is 2. The lowest BCUT2D eigenvalue weighted by Gasteiger charge is -2.44. The number of hydrogen-bond acceptors (Lipinski definition) is 4. The van der Waals surface area contributed by atoms with Gasteiger partial charge in [-0.05, 0) is 44.2 Å². The highest BCUT2D eigenvalue weighted by atomic mass is 16.5. The third-order valence-corrected chi connectivity index (χ3v) is 6.50. The van der Waals surface area contributed by atoms with Crippen molar-refractivity contribution in [1.82, 2.24) is 9.80 Å². The number of amides is 1. The van der Waals surface area contributed by atoms with Crippen molar-refractivity contribution in [3.05, 3.63) is 35.9 Å². The summed E-state index contributed by atoms with van der Waals surface area (Å²) in [5.41, 5.74) is 1.07. The molecule has 1 aromatic rings. The first-order chi connectivity index (χ1) is 13.3. The first-order valence-electron chi connectivity index (χ1n) is 10.5. The highest BCUT2D eigenvalue weighted by Crippen LogP contribution is 2.41. The van der Waals surface area contributed by atoms with Crippen LogP contribution in [0.15, 0.2) is 30.3 Å². The van der Waals surface area contributed by atoms with Crippen LogP contribution in [0.25, 0.3) is 0 Å². The minimum atomic E-state index is -0.143. The van der Waals surface area contributed by atoms with Crippen molar-refractivity contribution < 1.29 is 14.3 Å². The largest absolute Gasteiger partial charge is 0.381 e. The first-order valence-corrected chi connectivity index (χ1v) is 10.5. The molecule has 1 aromatic carbocycles. The lowest BCUT2D eigenvalue weighted by molar-refractivity contribution is -0.150. The molecule has 0 aromatic heterocycles. The summed E-state index contributed by atoms with van der Waals surface area (Å²) in [7, 11) is 0. The van der Waals surface area contributed by atoms with Gasteiger partial charge in [0.15, 0.2) is 0 Å². The third kappa shape index (κ3) is 4.36. The zero-order valence-electron chi connectivity index (χ0n) is 16.3. The van der Waals surface area contributed by atoms with Gasteiger partial charge < -0.3 is 14.4 Å². The number of rotatable bonds is 6. The Morgan fingerprint density at radius 1 is 1.11 bits per heavy atom. The lowest BCUT2D eigenvalue weighted by Crippen LogP contribution is -2.54. The fourth-order valence-corrected chi connectivity index (χ4v) is 4.93. The van der Waals surface area contributed by atoms with E-state index in [0.717, 1.165) is 78.1 Å². The lowest BCUT2D eigenvalue weighted by atomic mass is 9.77. The molecule has 0 N–H and O–H groups in total. The molecule has 3 aliphatic heterocycles. The van der Waals surface area contributed by atoms with Crippen LogP contribution in [0.4, 0.5) is 0 Å². The van der Waals surface area contributed by atoms with Crippen LogP contribution in [-0.2, 0) is 20.9 Å². The average molecular weight is 373 g/mol. The fourth-order valence-electron chi connectivity index (χ4n) is 4.93. The minimum absolute atomic E-state index is 0.143. The van der Waals surface area contributed by atoms with Gasteiger partial charge in [-0.3, -0.25) is 9.69 Å². The summed E-state index contributed by atoms with van der Waals surface area (Å²) < 4.78 is 11.3. The minimum Gasteiger partial charge on any atom is -0.381 e. The van der Waals surface area contributed by atoms with Gasteiger partial charge in [-0.15, -0.1) is 0 Å². The van der Waals surface area contributed by atoms with Crippen LogP contribution in [0.3, 0.4) is 0 Å². The Kier molecular flexibility index (Phi) is 6.11. The average Bonchev–Trinajstić information content (AvgIpc) is 3.13. The molecule has 5 nitrogen and oxygen atoms in total. The Morgan fingerprint density at radius 3 is 2.74 bits per heavy atom. The van der Waals surface area contributed by atoms with E-state index in [-0.39, 0.29) is 5.41 Å². The Morgan fingerprint density at radius 2 is 1.93 bits per heavy atom. The van der Waals surface area contributed by atoms with Gasteiger partial charge in [0, 0.05) is 38.9 Å². The zero-order chi connectivity index (χ0) is 18.5. The molecule has 0 aliphatic carbocycles. The molecule has 1 spiro atoms. The van der Waals surface area contributed by atoms with E-state index in [1.165, 1.54) is 5.56 Å². The van der Waals surface area contributed by atoms with E-state index in [2.05, 4.69) is 21.9 Å². The molecule has 0 unspecified atom stereocenters. The Balaban J connectivity index is 1.26. The van der Waals surface area contributed by atoms with Crippen LogP contribution < -0.4 is 0 Å². The molecule has 0 bridgehead atoms. The van der Waals surface area contributed by atoms with Gasteiger partial charge in [0.05, 0.1) is 18.6 Å². The summed E-state index contributed by atoms with van der Waals surface area (Å²) in [5, 5.41) is 0. The summed E-state index contributed by atoms with van der Waals surface area (Å²) in [4.78, 5) is 18.0. The predicted molar refractivity (Wildman–Crippen MR) is 104 cm³/mol. The molecule has 5 heteroatoms. The quantitative estimate of drug-likeness (QED) is 0.720. The maximum atomic E-state index is 13.3. The van der Waals surface area contributed by atoms with Crippen LogP contribution in [0.5, 0.6) is 0 Å². The van der Waals surface area contributed by atoms with Crippen LogP contribution in [0.1, 0.15) is 37.7 Å². The number of carbonyl (C=O) groups excluding carboxylic acids is 1. The van der Waals surface area contributed by atoms with Crippen molar-refractivity contribution >= 4 is 5.91 Å². The van der Waals surface area contributed by atoms with Crippen molar-refractivity contribution in [2.75, 3.05) is 46.0 Å². The Hall–Kier alpha value is -1.43. The van der Waals surface area contributed by atoms with E-state index in [1.54, 1.807) is 0 Å². The van der Waals surface area contributed by atoms with Gasteiger partial charge in [-0.1, -0.05) is 30.3 Å². The molecule has 3 saturated heterocycles. The van der Waals surface area contributed by atoms with E-state index in [4.69, 9.17) is 9.47 Å². The van der Waals surface area contributed by atoms with Gasteiger partial charge in [0.2, 0.25) is 5.91 Å². The van der Waals surface area contributed by atoms with Crippen LogP contribution in [0.2, 0.25) is 0 Å². The number of nitrogens with zero attached hydrogens (tertiary/aromatic N) is 2. The molecule has 4 rings (SSSR count). The SMILES string of the molecule is O=C1N(C2CCOCC2)CCC[C@@]12CCN(CCOCc1ccccc1)C2. The smallest absolute Gasteiger partial charge is 0.230 e. The van der Waals surface area contributed by atoms with Crippen molar-refractivity contribution in [1.29, 1.82) is 0 Å². The number of hydrogen-bond donors (Lipinski definition) is 0. The molecule has 1 atom stereocenters. The van der Waals surface area contributed by atoms with Crippen LogP contribution >= 0.6 is 0 Å². The zero-order valence-corrected chi connectivity index (χ0v) is 16.3. The van der Waals surface area contributed by atoms with E-state index >= 15 is 0 Å². The first kappa shape index (κ1) is 18.9. The van der Waals surface area contributed by atoms with Gasteiger partial charge in [0.25, 0.3) is 0 Å². The van der Waals surface area contributed by atoms with Crippen LogP contribution in [0, 0.1) is 5.41 Å². The number of benzene rings is 1. The molecule has 1 amide bonds. The maximum Gasteiger partial charge on any atom is 0.230 e. The number of carbonyl (C=O) groups is 1. The molecular formula is C22H32N2O3. The molecule has 27 heavy (non-hydrogen) atoms. The van der Waals surface area contributed by atoms with E-state index in [1.807, 2.05) is 18.2 Å². The molecule has 3 fully saturated rings. The Labute approximate surface area is 162 Å². The summed E-state index contributed by atoms with van der Waals surface area (Å²) in [6, 6.07) is 10.7. The normalized spacial score (nSPS) is 27.6. The summed E-state index contributed by atoms with van der Waals surface area (Å²) in [6.45, 7) is 6.75. The molecular weight excluding hydrogens is 340 g/mol. The molecule has 3 aliphatic rings. The van der Waals surface area contributed by atoms with Crippen LogP contribution in [-0.4, -0.2) is 67.7 Å². The highest BCUT2D eigenvalue weighted by molar-refractivity contribution is 5.84. The number of piperidine rings is 1.